The van der Waals surface area contributed by atoms with Crippen LogP contribution in [-0.4, -0.2) is 19.2 Å². The van der Waals surface area contributed by atoms with E-state index in [1.165, 1.54) is 6.08 Å². The minimum Gasteiger partial charge on any atom is -0.493 e. The predicted octanol–water partition coefficient (Wildman–Crippen LogP) is 0.635. The van der Waals surface area contributed by atoms with Crippen LogP contribution in [0.4, 0.5) is 0 Å². The van der Waals surface area contributed by atoms with Gasteiger partial charge in [0, 0.05) is 11.6 Å². The quantitative estimate of drug-likeness (QED) is 0.384. The summed E-state index contributed by atoms with van der Waals surface area (Å²) in [7, 11) is 0. The maximum absolute atomic E-state index is 11.3. The number of hydrogen-bond acceptors (Lipinski definition) is 4. The number of hydrogen-bond donors (Lipinski definition) is 3. The lowest BCUT2D eigenvalue weighted by molar-refractivity contribution is -0.117. The van der Waals surface area contributed by atoms with Crippen LogP contribution < -0.4 is 21.3 Å². The first-order chi connectivity index (χ1) is 8.27. The third kappa shape index (κ3) is 4.67. The van der Waals surface area contributed by atoms with E-state index in [-0.39, 0.29) is 12.6 Å². The van der Waals surface area contributed by atoms with Gasteiger partial charge in [-0.2, -0.15) is 0 Å². The van der Waals surface area contributed by atoms with Gasteiger partial charge < -0.3 is 10.5 Å². The number of carbonyl (C=O) groups is 1. The van der Waals surface area contributed by atoms with Gasteiger partial charge in [0.25, 0.3) is 5.91 Å². The zero-order valence-electron chi connectivity index (χ0n) is 9.77. The molecule has 5 nitrogen and oxygen atoms in total. The smallest absolute Gasteiger partial charge is 0.258 e. The van der Waals surface area contributed by atoms with E-state index >= 15 is 0 Å². The van der Waals surface area contributed by atoms with Crippen LogP contribution in [0, 0.1) is 0 Å². The minimum atomic E-state index is -0.262. The lowest BCUT2D eigenvalue weighted by Gasteiger charge is -2.06. The molecule has 0 spiro atoms. The van der Waals surface area contributed by atoms with Crippen LogP contribution in [0.3, 0.4) is 0 Å². The molecule has 0 aliphatic carbocycles. The van der Waals surface area contributed by atoms with Gasteiger partial charge in [-0.25, -0.2) is 5.43 Å². The van der Waals surface area contributed by atoms with Crippen molar-refractivity contribution in [2.45, 2.75) is 6.92 Å². The fraction of sp³-hybridized carbons (Fsp3) is 0.250. The average molecular weight is 235 g/mol. The highest BCUT2D eigenvalue weighted by molar-refractivity contribution is 5.91. The molecule has 0 aliphatic heterocycles. The molecule has 0 atom stereocenters. The van der Waals surface area contributed by atoms with Crippen molar-refractivity contribution >= 4 is 12.0 Å². The number of para-hydroxylation sites is 1. The predicted molar refractivity (Wildman–Crippen MR) is 67.0 cm³/mol. The Morgan fingerprint density at radius 3 is 2.94 bits per heavy atom. The lowest BCUT2D eigenvalue weighted by Crippen LogP contribution is -2.39. The van der Waals surface area contributed by atoms with Crippen molar-refractivity contribution in [2.24, 2.45) is 5.73 Å². The Kier molecular flexibility index (Phi) is 5.77. The van der Waals surface area contributed by atoms with Crippen LogP contribution in [0.15, 0.2) is 30.3 Å². The van der Waals surface area contributed by atoms with Gasteiger partial charge >= 0.3 is 0 Å². The molecule has 92 valence electrons. The third-order valence-electron chi connectivity index (χ3n) is 1.95. The van der Waals surface area contributed by atoms with E-state index in [4.69, 9.17) is 10.5 Å². The van der Waals surface area contributed by atoms with Gasteiger partial charge in [0.15, 0.2) is 0 Å². The average Bonchev–Trinajstić information content (AvgIpc) is 2.35. The zero-order valence-corrected chi connectivity index (χ0v) is 9.77. The molecular formula is C12H17N3O2. The fourth-order valence-electron chi connectivity index (χ4n) is 1.25. The molecule has 0 saturated heterocycles. The molecule has 0 bridgehead atoms. The molecule has 17 heavy (non-hydrogen) atoms. The number of carbonyl (C=O) groups excluding carboxylic acids is 1. The van der Waals surface area contributed by atoms with E-state index < -0.39 is 0 Å². The highest BCUT2D eigenvalue weighted by atomic mass is 16.5. The molecule has 4 N–H and O–H groups in total. The van der Waals surface area contributed by atoms with Gasteiger partial charge in [0.2, 0.25) is 0 Å². The van der Waals surface area contributed by atoms with Crippen molar-refractivity contribution in [2.75, 3.05) is 13.3 Å². The zero-order chi connectivity index (χ0) is 12.5. The van der Waals surface area contributed by atoms with E-state index in [2.05, 4.69) is 10.9 Å². The number of nitrogens with two attached hydrogens (primary N) is 1. The minimum absolute atomic E-state index is 0.190. The number of benzene rings is 1. The van der Waals surface area contributed by atoms with Crippen molar-refractivity contribution in [1.29, 1.82) is 0 Å². The molecule has 1 aromatic rings. The Morgan fingerprint density at radius 2 is 2.24 bits per heavy atom. The standard InChI is InChI=1S/C12H17N3O2/c1-2-17-11-6-4-3-5-10(11)7-8-12(16)15-14-9-13/h3-8,14H,2,9,13H2,1H3,(H,15,16). The molecule has 5 heteroatoms. The van der Waals surface area contributed by atoms with Crippen LogP contribution in [0.5, 0.6) is 5.75 Å². The van der Waals surface area contributed by atoms with Crippen molar-refractivity contribution < 1.29 is 9.53 Å². The normalized spacial score (nSPS) is 10.5. The summed E-state index contributed by atoms with van der Waals surface area (Å²) in [4.78, 5) is 11.3. The first-order valence-corrected chi connectivity index (χ1v) is 5.40. The molecule has 0 saturated carbocycles. The molecule has 0 aromatic heterocycles. The Balaban J connectivity index is 2.66. The van der Waals surface area contributed by atoms with E-state index in [0.29, 0.717) is 6.61 Å². The first-order valence-electron chi connectivity index (χ1n) is 5.40. The maximum Gasteiger partial charge on any atom is 0.258 e. The fourth-order valence-corrected chi connectivity index (χ4v) is 1.25. The summed E-state index contributed by atoms with van der Waals surface area (Å²) in [6.45, 7) is 2.69. The summed E-state index contributed by atoms with van der Waals surface area (Å²) in [5, 5.41) is 0. The Morgan fingerprint density at radius 1 is 1.47 bits per heavy atom. The van der Waals surface area contributed by atoms with Gasteiger partial charge in [0.05, 0.1) is 13.3 Å². The summed E-state index contributed by atoms with van der Waals surface area (Å²) in [6.07, 6.45) is 3.11. The van der Waals surface area contributed by atoms with Crippen molar-refractivity contribution in [3.63, 3.8) is 0 Å². The summed E-state index contributed by atoms with van der Waals surface area (Å²) in [5.74, 6) is 0.493. The van der Waals surface area contributed by atoms with E-state index in [0.717, 1.165) is 11.3 Å². The largest absolute Gasteiger partial charge is 0.493 e. The van der Waals surface area contributed by atoms with Crippen LogP contribution in [-0.2, 0) is 4.79 Å². The van der Waals surface area contributed by atoms with Gasteiger partial charge in [-0.1, -0.05) is 18.2 Å². The van der Waals surface area contributed by atoms with Crippen LogP contribution >= 0.6 is 0 Å². The first kappa shape index (κ1) is 13.2. The maximum atomic E-state index is 11.3. The number of rotatable bonds is 6. The van der Waals surface area contributed by atoms with Crippen LogP contribution in [0.2, 0.25) is 0 Å². The van der Waals surface area contributed by atoms with Crippen LogP contribution in [0.1, 0.15) is 12.5 Å². The van der Waals surface area contributed by atoms with Crippen molar-refractivity contribution in [1.82, 2.24) is 10.9 Å². The lowest BCUT2D eigenvalue weighted by atomic mass is 10.2. The molecular weight excluding hydrogens is 218 g/mol. The molecule has 0 unspecified atom stereocenters. The number of hydrazine groups is 1. The van der Waals surface area contributed by atoms with Crippen LogP contribution in [0.25, 0.3) is 6.08 Å². The number of ether oxygens (including phenoxy) is 1. The molecule has 0 aliphatic rings. The third-order valence-corrected chi connectivity index (χ3v) is 1.95. The van der Waals surface area contributed by atoms with E-state index in [1.807, 2.05) is 31.2 Å². The number of amides is 1. The second-order valence-electron chi connectivity index (χ2n) is 3.17. The van der Waals surface area contributed by atoms with Crippen molar-refractivity contribution in [3.8, 4) is 5.75 Å². The highest BCUT2D eigenvalue weighted by Gasteiger charge is 1.99. The molecule has 0 radical (unpaired) electrons. The van der Waals surface area contributed by atoms with E-state index in [1.54, 1.807) is 6.08 Å². The Hall–Kier alpha value is -1.85. The summed E-state index contributed by atoms with van der Waals surface area (Å²) in [6, 6.07) is 7.51. The van der Waals surface area contributed by atoms with Crippen molar-refractivity contribution in [3.05, 3.63) is 35.9 Å². The molecule has 0 heterocycles. The Bertz CT molecular complexity index is 391. The molecule has 1 aromatic carbocycles. The SMILES string of the molecule is CCOc1ccccc1C=CC(=O)NNCN. The molecule has 0 fully saturated rings. The number of nitrogens with one attached hydrogen (secondary N) is 2. The van der Waals surface area contributed by atoms with E-state index in [9.17, 15) is 4.79 Å². The summed E-state index contributed by atoms with van der Waals surface area (Å²) in [5.41, 5.74) is 11.0. The molecule has 1 amide bonds. The van der Waals surface area contributed by atoms with Gasteiger partial charge in [-0.15, -0.1) is 0 Å². The summed E-state index contributed by atoms with van der Waals surface area (Å²) >= 11 is 0. The highest BCUT2D eigenvalue weighted by Crippen LogP contribution is 2.19. The summed E-state index contributed by atoms with van der Waals surface area (Å²) < 4.78 is 5.43. The van der Waals surface area contributed by atoms with Gasteiger partial charge in [-0.05, 0) is 19.1 Å². The second kappa shape index (κ2) is 7.43. The van der Waals surface area contributed by atoms with Gasteiger partial charge in [-0.3, -0.25) is 10.2 Å². The monoisotopic (exact) mass is 235 g/mol. The molecule has 1 rings (SSSR count). The second-order valence-corrected chi connectivity index (χ2v) is 3.17. The van der Waals surface area contributed by atoms with Gasteiger partial charge in [0.1, 0.15) is 5.75 Å². The Labute approximate surface area is 101 Å². The topological polar surface area (TPSA) is 76.4 Å².